The van der Waals surface area contributed by atoms with Gasteiger partial charge in [0, 0.05) is 13.1 Å². The van der Waals surface area contributed by atoms with Crippen LogP contribution in [0.25, 0.3) is 0 Å². The third kappa shape index (κ3) is 3.97. The molecule has 0 unspecified atom stereocenters. The molecule has 0 N–H and O–H groups in total. The SMILES string of the molecule is CCOC(=O)C1CCN(C(=S)c2ccccc2OCC)CC1. The summed E-state index contributed by atoms with van der Waals surface area (Å²) in [6, 6.07) is 7.85. The molecule has 1 fully saturated rings. The van der Waals surface area contributed by atoms with Crippen molar-refractivity contribution in [1.29, 1.82) is 0 Å². The molecule has 0 bridgehead atoms. The van der Waals surface area contributed by atoms with Crippen molar-refractivity contribution in [2.45, 2.75) is 26.7 Å². The monoisotopic (exact) mass is 321 g/mol. The topological polar surface area (TPSA) is 38.8 Å². The Morgan fingerprint density at radius 2 is 1.91 bits per heavy atom. The lowest BCUT2D eigenvalue weighted by molar-refractivity contribution is -0.149. The van der Waals surface area contributed by atoms with Gasteiger partial charge in [-0.3, -0.25) is 4.79 Å². The molecule has 1 saturated heterocycles. The first-order chi connectivity index (χ1) is 10.7. The predicted molar refractivity (Wildman–Crippen MR) is 90.2 cm³/mol. The van der Waals surface area contributed by atoms with E-state index in [-0.39, 0.29) is 11.9 Å². The van der Waals surface area contributed by atoms with Gasteiger partial charge in [-0.2, -0.15) is 0 Å². The van der Waals surface area contributed by atoms with Crippen LogP contribution in [0.3, 0.4) is 0 Å². The molecule has 22 heavy (non-hydrogen) atoms. The van der Waals surface area contributed by atoms with Crippen molar-refractivity contribution in [3.8, 4) is 5.75 Å². The van der Waals surface area contributed by atoms with Crippen molar-refractivity contribution in [1.82, 2.24) is 4.90 Å². The number of thiocarbonyl (C=S) groups is 1. The van der Waals surface area contributed by atoms with E-state index >= 15 is 0 Å². The van der Waals surface area contributed by atoms with Crippen LogP contribution in [0.15, 0.2) is 24.3 Å². The number of ether oxygens (including phenoxy) is 2. The van der Waals surface area contributed by atoms with Gasteiger partial charge in [0.2, 0.25) is 0 Å². The molecular formula is C17H23NO3S. The number of carbonyl (C=O) groups excluding carboxylic acids is 1. The molecule has 0 saturated carbocycles. The summed E-state index contributed by atoms with van der Waals surface area (Å²) in [4.78, 5) is 14.7. The molecule has 5 heteroatoms. The first-order valence-corrected chi connectivity index (χ1v) is 8.25. The molecule has 0 aromatic heterocycles. The molecule has 0 radical (unpaired) electrons. The van der Waals surface area contributed by atoms with Crippen molar-refractivity contribution >= 4 is 23.2 Å². The molecule has 1 aliphatic rings. The quantitative estimate of drug-likeness (QED) is 0.616. The predicted octanol–water partition coefficient (Wildman–Crippen LogP) is 3.04. The second-order valence-corrected chi connectivity index (χ2v) is 5.63. The van der Waals surface area contributed by atoms with Crippen molar-refractivity contribution in [2.24, 2.45) is 5.92 Å². The average Bonchev–Trinajstić information content (AvgIpc) is 2.55. The van der Waals surface area contributed by atoms with Crippen molar-refractivity contribution in [3.05, 3.63) is 29.8 Å². The van der Waals surface area contributed by atoms with Gasteiger partial charge in [0.15, 0.2) is 0 Å². The van der Waals surface area contributed by atoms with Gasteiger partial charge >= 0.3 is 5.97 Å². The smallest absolute Gasteiger partial charge is 0.309 e. The summed E-state index contributed by atoms with van der Waals surface area (Å²) in [5, 5.41) is 0. The zero-order valence-electron chi connectivity index (χ0n) is 13.2. The van der Waals surface area contributed by atoms with Crippen LogP contribution >= 0.6 is 12.2 Å². The molecule has 0 aliphatic carbocycles. The van der Waals surface area contributed by atoms with Crippen LogP contribution in [0.5, 0.6) is 5.75 Å². The minimum absolute atomic E-state index is 0.00105. The Morgan fingerprint density at radius 1 is 1.23 bits per heavy atom. The second-order valence-electron chi connectivity index (χ2n) is 5.25. The number of hydrogen-bond donors (Lipinski definition) is 0. The molecule has 0 atom stereocenters. The summed E-state index contributed by atoms with van der Waals surface area (Å²) in [6.07, 6.45) is 1.57. The van der Waals surface area contributed by atoms with Gasteiger partial charge in [0.1, 0.15) is 10.7 Å². The number of likely N-dealkylation sites (tertiary alicyclic amines) is 1. The fourth-order valence-electron chi connectivity index (χ4n) is 2.67. The Hall–Kier alpha value is -1.62. The van der Waals surface area contributed by atoms with Crippen LogP contribution in [-0.2, 0) is 9.53 Å². The summed E-state index contributed by atoms with van der Waals surface area (Å²) in [6.45, 7) is 6.42. The molecule has 1 heterocycles. The van der Waals surface area contributed by atoms with E-state index in [1.807, 2.05) is 38.1 Å². The molecule has 0 spiro atoms. The fourth-order valence-corrected chi connectivity index (χ4v) is 3.02. The highest BCUT2D eigenvalue weighted by Crippen LogP contribution is 2.25. The molecule has 1 aromatic carbocycles. The number of nitrogens with zero attached hydrogens (tertiary/aromatic N) is 1. The number of carbonyl (C=O) groups is 1. The molecule has 0 amide bonds. The number of esters is 1. The molecular weight excluding hydrogens is 298 g/mol. The van der Waals surface area contributed by atoms with Crippen LogP contribution in [0.1, 0.15) is 32.3 Å². The van der Waals surface area contributed by atoms with Crippen LogP contribution in [0.2, 0.25) is 0 Å². The highest BCUT2D eigenvalue weighted by atomic mass is 32.1. The Balaban J connectivity index is 1.99. The van der Waals surface area contributed by atoms with Crippen molar-refractivity contribution < 1.29 is 14.3 Å². The van der Waals surface area contributed by atoms with Crippen LogP contribution in [0.4, 0.5) is 0 Å². The maximum absolute atomic E-state index is 11.8. The minimum atomic E-state index is -0.0808. The Labute approximate surface area is 137 Å². The summed E-state index contributed by atoms with van der Waals surface area (Å²) >= 11 is 5.63. The number of hydrogen-bond acceptors (Lipinski definition) is 4. The van der Waals surface area contributed by atoms with Crippen LogP contribution in [-0.4, -0.2) is 42.2 Å². The van der Waals surface area contributed by atoms with E-state index in [1.54, 1.807) is 0 Å². The molecule has 120 valence electrons. The van der Waals surface area contributed by atoms with Crippen molar-refractivity contribution in [3.63, 3.8) is 0 Å². The third-order valence-corrected chi connectivity index (χ3v) is 4.30. The van der Waals surface area contributed by atoms with E-state index in [1.165, 1.54) is 0 Å². The first-order valence-electron chi connectivity index (χ1n) is 7.85. The van der Waals surface area contributed by atoms with Gasteiger partial charge in [-0.1, -0.05) is 24.4 Å². The normalized spacial score (nSPS) is 15.5. The maximum atomic E-state index is 11.8. The first kappa shape index (κ1) is 16.7. The zero-order chi connectivity index (χ0) is 15.9. The molecule has 1 aromatic rings. The Bertz CT molecular complexity index is 524. The average molecular weight is 321 g/mol. The van der Waals surface area contributed by atoms with E-state index in [4.69, 9.17) is 21.7 Å². The highest BCUT2D eigenvalue weighted by Gasteiger charge is 2.27. The molecule has 1 aliphatic heterocycles. The number of rotatable bonds is 5. The van der Waals surface area contributed by atoms with Gasteiger partial charge in [0.05, 0.1) is 24.7 Å². The minimum Gasteiger partial charge on any atom is -0.493 e. The standard InChI is InChI=1S/C17H23NO3S/c1-3-20-15-8-6-5-7-14(15)16(22)18-11-9-13(10-12-18)17(19)21-4-2/h5-8,13H,3-4,9-12H2,1-2H3. The number of piperidine rings is 1. The highest BCUT2D eigenvalue weighted by molar-refractivity contribution is 7.80. The van der Waals surface area contributed by atoms with E-state index in [0.29, 0.717) is 13.2 Å². The third-order valence-electron chi connectivity index (χ3n) is 3.82. The summed E-state index contributed by atoms with van der Waals surface area (Å²) in [5.41, 5.74) is 0.953. The largest absolute Gasteiger partial charge is 0.493 e. The van der Waals surface area contributed by atoms with Gasteiger partial charge in [0.25, 0.3) is 0 Å². The maximum Gasteiger partial charge on any atom is 0.309 e. The summed E-state index contributed by atoms with van der Waals surface area (Å²) < 4.78 is 10.8. The summed E-state index contributed by atoms with van der Waals surface area (Å²) in [7, 11) is 0. The number of para-hydroxylation sites is 1. The molecule has 2 rings (SSSR count). The van der Waals surface area contributed by atoms with E-state index in [2.05, 4.69) is 4.90 Å². The summed E-state index contributed by atoms with van der Waals surface area (Å²) in [5.74, 6) is 0.742. The Kier molecular flexibility index (Phi) is 6.19. The second kappa shape index (κ2) is 8.13. The van der Waals surface area contributed by atoms with Crippen molar-refractivity contribution in [2.75, 3.05) is 26.3 Å². The van der Waals surface area contributed by atoms with Gasteiger partial charge in [-0.15, -0.1) is 0 Å². The Morgan fingerprint density at radius 3 is 2.55 bits per heavy atom. The lowest BCUT2D eigenvalue weighted by atomic mass is 9.96. The van der Waals surface area contributed by atoms with Crippen LogP contribution < -0.4 is 4.74 Å². The lowest BCUT2D eigenvalue weighted by Crippen LogP contribution is -2.40. The van der Waals surface area contributed by atoms with E-state index in [0.717, 1.165) is 42.2 Å². The van der Waals surface area contributed by atoms with Crippen LogP contribution in [0, 0.1) is 5.92 Å². The van der Waals surface area contributed by atoms with Gasteiger partial charge < -0.3 is 14.4 Å². The molecule has 4 nitrogen and oxygen atoms in total. The van der Waals surface area contributed by atoms with E-state index < -0.39 is 0 Å². The van der Waals surface area contributed by atoms with E-state index in [9.17, 15) is 4.79 Å². The lowest BCUT2D eigenvalue weighted by Gasteiger charge is -2.33. The fraction of sp³-hybridized carbons (Fsp3) is 0.529. The van der Waals surface area contributed by atoms with Gasteiger partial charge in [-0.05, 0) is 38.8 Å². The number of benzene rings is 1. The van der Waals surface area contributed by atoms with Gasteiger partial charge in [-0.25, -0.2) is 0 Å². The zero-order valence-corrected chi connectivity index (χ0v) is 14.0.